The van der Waals surface area contributed by atoms with Crippen LogP contribution in [0.5, 0.6) is 0 Å². The van der Waals surface area contributed by atoms with E-state index in [4.69, 9.17) is 4.42 Å². The van der Waals surface area contributed by atoms with E-state index in [0.29, 0.717) is 18.4 Å². The van der Waals surface area contributed by atoms with E-state index in [1.54, 1.807) is 6.26 Å². The Bertz CT molecular complexity index is 1120. The molecule has 0 unspecified atom stereocenters. The molecule has 5 fully saturated rings. The summed E-state index contributed by atoms with van der Waals surface area (Å²) in [6.07, 6.45) is 12.5. The van der Waals surface area contributed by atoms with E-state index in [9.17, 15) is 19.8 Å². The van der Waals surface area contributed by atoms with Crippen molar-refractivity contribution < 1.29 is 19.4 Å². The third-order valence-electron chi connectivity index (χ3n) is 12.7. The summed E-state index contributed by atoms with van der Waals surface area (Å²) in [6, 6.07) is 3.76. The van der Waals surface area contributed by atoms with E-state index in [0.717, 1.165) is 89.3 Å². The Labute approximate surface area is 238 Å². The highest BCUT2D eigenvalue weighted by atomic mass is 16.4. The van der Waals surface area contributed by atoms with Gasteiger partial charge in [0.2, 0.25) is 0 Å². The third-order valence-corrected chi connectivity index (χ3v) is 12.7. The van der Waals surface area contributed by atoms with Crippen molar-refractivity contribution in [1.82, 2.24) is 15.5 Å². The molecule has 1 aromatic rings. The second-order valence-corrected chi connectivity index (χ2v) is 14.2. The zero-order valence-corrected chi connectivity index (χ0v) is 24.4. The summed E-state index contributed by atoms with van der Waals surface area (Å²) in [5.74, 6) is 1.48. The van der Waals surface area contributed by atoms with E-state index >= 15 is 0 Å². The molecule has 4 N–H and O–H groups in total. The summed E-state index contributed by atoms with van der Waals surface area (Å²) in [4.78, 5) is 26.9. The lowest BCUT2D eigenvalue weighted by molar-refractivity contribution is -0.203. The number of carbonyl (C=O) groups excluding carboxylic acids is 1. The van der Waals surface area contributed by atoms with Gasteiger partial charge >= 0.3 is 11.7 Å². The van der Waals surface area contributed by atoms with Crippen LogP contribution in [0.15, 0.2) is 27.6 Å². The first-order chi connectivity index (χ1) is 19.2. The molecule has 1 aromatic heterocycles. The number of fused-ring (bicyclic) bond motifs is 5. The summed E-state index contributed by atoms with van der Waals surface area (Å²) in [5, 5.41) is 29.0. The maximum atomic E-state index is 13.4. The van der Waals surface area contributed by atoms with Crippen LogP contribution in [0.4, 0.5) is 4.79 Å². The number of nitrogens with one attached hydrogen (secondary N) is 2. The molecule has 0 bridgehead atoms. The average molecular weight is 556 g/mol. The molecule has 4 aliphatic carbocycles. The van der Waals surface area contributed by atoms with Gasteiger partial charge in [0.1, 0.15) is 0 Å². The highest BCUT2D eigenvalue weighted by Gasteiger charge is 2.67. The molecule has 0 spiro atoms. The average Bonchev–Trinajstić information content (AvgIpc) is 3.23. The summed E-state index contributed by atoms with van der Waals surface area (Å²) in [5.41, 5.74) is -0.0549. The third kappa shape index (κ3) is 4.53. The number of hydrogen-bond donors (Lipinski definition) is 4. The second kappa shape index (κ2) is 10.7. The van der Waals surface area contributed by atoms with Crippen LogP contribution in [0.25, 0.3) is 0 Å². The fourth-order valence-corrected chi connectivity index (χ4v) is 10.4. The van der Waals surface area contributed by atoms with E-state index in [1.165, 1.54) is 6.07 Å². The monoisotopic (exact) mass is 555 g/mol. The smallest absolute Gasteiger partial charge is 0.335 e. The summed E-state index contributed by atoms with van der Waals surface area (Å²) in [6.45, 7) is 7.00. The highest BCUT2D eigenvalue weighted by molar-refractivity contribution is 5.75. The predicted octanol–water partition coefficient (Wildman–Crippen LogP) is 4.01. The van der Waals surface area contributed by atoms with Gasteiger partial charge < -0.3 is 30.2 Å². The number of rotatable bonds is 5. The molecule has 1 saturated heterocycles. The zero-order valence-electron chi connectivity index (χ0n) is 24.4. The van der Waals surface area contributed by atoms with Crippen LogP contribution in [0.2, 0.25) is 0 Å². The van der Waals surface area contributed by atoms with Crippen LogP contribution < -0.4 is 16.3 Å². The van der Waals surface area contributed by atoms with E-state index < -0.39 is 5.60 Å². The van der Waals surface area contributed by atoms with Gasteiger partial charge in [0.15, 0.2) is 0 Å². The quantitative estimate of drug-likeness (QED) is 0.437. The van der Waals surface area contributed by atoms with Gasteiger partial charge in [-0.2, -0.15) is 0 Å². The first-order valence-electron chi connectivity index (χ1n) is 15.9. The lowest BCUT2D eigenvalue weighted by Crippen LogP contribution is -2.63. The minimum atomic E-state index is -0.709. The number of urea groups is 1. The molecule has 8 nitrogen and oxygen atoms in total. The minimum absolute atomic E-state index is 0.0135. The molecule has 222 valence electrons. The fourth-order valence-electron chi connectivity index (χ4n) is 10.4. The summed E-state index contributed by atoms with van der Waals surface area (Å²) in [7, 11) is 0. The van der Waals surface area contributed by atoms with Crippen LogP contribution in [0.3, 0.4) is 0 Å². The molecular formula is C32H49N3O5. The Balaban J connectivity index is 1.17. The van der Waals surface area contributed by atoms with Gasteiger partial charge in [-0.25, -0.2) is 9.59 Å². The van der Waals surface area contributed by atoms with Gasteiger partial charge in [0, 0.05) is 30.1 Å². The summed E-state index contributed by atoms with van der Waals surface area (Å²) >= 11 is 0. The molecule has 2 heterocycles. The maximum Gasteiger partial charge on any atom is 0.335 e. The van der Waals surface area contributed by atoms with E-state index in [1.807, 2.05) is 11.0 Å². The molecule has 4 saturated carbocycles. The lowest BCUT2D eigenvalue weighted by Gasteiger charge is -2.64. The second-order valence-electron chi connectivity index (χ2n) is 14.2. The van der Waals surface area contributed by atoms with Crippen LogP contribution in [0, 0.1) is 28.6 Å². The molecule has 1 aliphatic heterocycles. The molecule has 8 atom stereocenters. The number of piperidine rings is 1. The Morgan fingerprint density at radius 2 is 1.85 bits per heavy atom. The SMILES string of the molecule is C[C@]12CC[C@H](N(CCO)C(=O)NC3CCNCC3)C[C@H]1CC[C@@H]1[C@@H]2CC[C@]2(C)[C@@H](c3ccc(=O)oc3)CC[C@]12O. The normalized spacial score (nSPS) is 41.5. The molecule has 6 rings (SSSR count). The topological polar surface area (TPSA) is 115 Å². The molecule has 0 aromatic carbocycles. The van der Waals surface area contributed by atoms with Gasteiger partial charge in [-0.3, -0.25) is 0 Å². The van der Waals surface area contributed by atoms with Crippen molar-refractivity contribution in [2.24, 2.45) is 28.6 Å². The largest absolute Gasteiger partial charge is 0.431 e. The molecule has 5 aliphatic rings. The molecular weight excluding hydrogens is 506 g/mol. The molecule has 0 radical (unpaired) electrons. The van der Waals surface area contributed by atoms with Crippen molar-refractivity contribution in [3.63, 3.8) is 0 Å². The van der Waals surface area contributed by atoms with Gasteiger partial charge in [0.05, 0.1) is 18.5 Å². The first-order valence-corrected chi connectivity index (χ1v) is 15.9. The Morgan fingerprint density at radius 3 is 2.58 bits per heavy atom. The Kier molecular flexibility index (Phi) is 7.58. The van der Waals surface area contributed by atoms with Crippen LogP contribution in [0.1, 0.15) is 96.0 Å². The Morgan fingerprint density at radius 1 is 1.05 bits per heavy atom. The van der Waals surface area contributed by atoms with Gasteiger partial charge in [-0.15, -0.1) is 0 Å². The molecule has 40 heavy (non-hydrogen) atoms. The van der Waals surface area contributed by atoms with Crippen molar-refractivity contribution in [1.29, 1.82) is 0 Å². The van der Waals surface area contributed by atoms with Crippen LogP contribution in [-0.2, 0) is 0 Å². The highest BCUT2D eigenvalue weighted by Crippen LogP contribution is 2.70. The summed E-state index contributed by atoms with van der Waals surface area (Å²) < 4.78 is 5.24. The lowest BCUT2D eigenvalue weighted by atomic mass is 9.43. The number of hydrogen-bond acceptors (Lipinski definition) is 6. The minimum Gasteiger partial charge on any atom is -0.431 e. The van der Waals surface area contributed by atoms with E-state index in [-0.39, 0.29) is 53.0 Å². The van der Waals surface area contributed by atoms with Crippen LogP contribution >= 0.6 is 0 Å². The number of carbonyl (C=O) groups is 1. The van der Waals surface area contributed by atoms with Gasteiger partial charge in [-0.1, -0.05) is 13.8 Å². The Hall–Kier alpha value is -1.90. The number of nitrogens with zero attached hydrogens (tertiary/aromatic N) is 1. The van der Waals surface area contributed by atoms with Crippen LogP contribution in [-0.4, -0.2) is 65.1 Å². The molecule has 2 amide bonds. The van der Waals surface area contributed by atoms with Crippen molar-refractivity contribution >= 4 is 6.03 Å². The van der Waals surface area contributed by atoms with Gasteiger partial charge in [-0.05, 0) is 124 Å². The standard InChI is InChI=1S/C32H49N3O5/c1-30-12-7-24(35(17-18-36)29(38)34-23-10-15-33-16-11-23)19-22(30)4-5-27-26(30)8-13-31(2)25(9-14-32(27,31)39)21-3-6-28(37)40-20-21/h3,6,20,22-27,33,36,39H,4-5,7-19H2,1-2H3,(H,34,38)/t22-,24+,25-,26+,27-,30+,31-,32+/m1/s1. The van der Waals surface area contributed by atoms with Crippen molar-refractivity contribution in [2.45, 2.75) is 108 Å². The van der Waals surface area contributed by atoms with Crippen molar-refractivity contribution in [3.8, 4) is 0 Å². The van der Waals surface area contributed by atoms with Gasteiger partial charge in [0.25, 0.3) is 0 Å². The maximum absolute atomic E-state index is 13.4. The zero-order chi connectivity index (χ0) is 28.1. The van der Waals surface area contributed by atoms with E-state index in [2.05, 4.69) is 24.5 Å². The number of aliphatic hydroxyl groups is 2. The fraction of sp³-hybridized carbons (Fsp3) is 0.812. The number of amides is 2. The van der Waals surface area contributed by atoms with Crippen molar-refractivity contribution in [3.05, 3.63) is 34.4 Å². The molecule has 8 heteroatoms. The predicted molar refractivity (Wildman–Crippen MR) is 153 cm³/mol. The van der Waals surface area contributed by atoms with Crippen molar-refractivity contribution in [2.75, 3.05) is 26.2 Å². The number of aliphatic hydroxyl groups excluding tert-OH is 1. The first kappa shape index (κ1) is 28.2.